The van der Waals surface area contributed by atoms with Crippen LogP contribution in [0.3, 0.4) is 0 Å². The van der Waals surface area contributed by atoms with Crippen LogP contribution in [0.1, 0.15) is 0 Å². The molecule has 1 atom stereocenters. The highest BCUT2D eigenvalue weighted by Crippen LogP contribution is 1.96. The van der Waals surface area contributed by atoms with Crippen LogP contribution in [0.5, 0.6) is 0 Å². The molecular weight excluding hydrogens is 266 g/mol. The van der Waals surface area contributed by atoms with Gasteiger partial charge in [-0.25, -0.2) is 8.42 Å². The molecule has 0 amide bonds. The zero-order valence-corrected chi connectivity index (χ0v) is 11.5. The number of ether oxygens (including phenoxy) is 3. The van der Waals surface area contributed by atoms with Crippen molar-refractivity contribution in [3.63, 3.8) is 0 Å². The Balaban J connectivity index is 0. The molecule has 1 unspecified atom stereocenters. The minimum Gasteiger partial charge on any atom is -0.726 e. The molecule has 0 radical (unpaired) electrons. The molecule has 0 aromatic heterocycles. The summed E-state index contributed by atoms with van der Waals surface area (Å²) in [4.78, 5) is 0. The maximum Gasteiger partial charge on any atom is 0.217 e. The summed E-state index contributed by atoms with van der Waals surface area (Å²) in [5, 5.41) is 0. The molecule has 4 N–H and O–H groups in total. The molecule has 0 aromatic carbocycles. The minimum absolute atomic E-state index is 0. The molecule has 0 aromatic rings. The summed E-state index contributed by atoms with van der Waals surface area (Å²) >= 11 is 0. The van der Waals surface area contributed by atoms with Gasteiger partial charge in [0.25, 0.3) is 0 Å². The van der Waals surface area contributed by atoms with Crippen LogP contribution in [0.15, 0.2) is 12.7 Å². The fourth-order valence-electron chi connectivity index (χ4n) is 0.964. The molecule has 0 rings (SSSR count). The van der Waals surface area contributed by atoms with Gasteiger partial charge in [0.05, 0.1) is 33.0 Å². The van der Waals surface area contributed by atoms with Crippen LogP contribution in [0.25, 0.3) is 0 Å². The molecule has 9 heteroatoms. The van der Waals surface area contributed by atoms with Gasteiger partial charge in [0.2, 0.25) is 10.4 Å². The Bertz CT molecular complexity index is 293. The average Bonchev–Trinajstić information content (AvgIpc) is 2.23. The van der Waals surface area contributed by atoms with Gasteiger partial charge in [0.15, 0.2) is 0 Å². The van der Waals surface area contributed by atoms with E-state index < -0.39 is 10.4 Å². The van der Waals surface area contributed by atoms with Gasteiger partial charge >= 0.3 is 0 Å². The van der Waals surface area contributed by atoms with Crippen molar-refractivity contribution in [3.8, 4) is 0 Å². The Hall–Kier alpha value is -0.550. The van der Waals surface area contributed by atoms with Gasteiger partial charge in [-0.1, -0.05) is 6.08 Å². The fourth-order valence-corrected chi connectivity index (χ4v) is 1.24. The minimum atomic E-state index is -4.66. The highest BCUT2D eigenvalue weighted by Gasteiger charge is 2.09. The Kier molecular flexibility index (Phi) is 12.7. The number of quaternary nitrogens is 1. The van der Waals surface area contributed by atoms with E-state index in [9.17, 15) is 13.0 Å². The van der Waals surface area contributed by atoms with Crippen LogP contribution in [-0.4, -0.2) is 59.2 Å². The molecule has 0 bridgehead atoms. The first-order chi connectivity index (χ1) is 7.99. The lowest BCUT2D eigenvalue weighted by Gasteiger charge is -2.17. The summed E-state index contributed by atoms with van der Waals surface area (Å²) in [5.74, 6) is 0. The molecule has 0 aliphatic rings. The normalized spacial score (nSPS) is 12.8. The molecule has 0 spiro atoms. The van der Waals surface area contributed by atoms with Crippen molar-refractivity contribution in [2.45, 2.75) is 6.10 Å². The Morgan fingerprint density at radius 3 is 2.50 bits per heavy atom. The highest BCUT2D eigenvalue weighted by atomic mass is 32.3. The summed E-state index contributed by atoms with van der Waals surface area (Å²) in [5.41, 5.74) is 0. The van der Waals surface area contributed by atoms with E-state index in [2.05, 4.69) is 10.8 Å². The molecule has 0 saturated heterocycles. The smallest absolute Gasteiger partial charge is 0.217 e. The maximum atomic E-state index is 10.1. The first kappa shape index (κ1) is 19.8. The first-order valence-electron chi connectivity index (χ1n) is 4.89. The molecule has 0 saturated carbocycles. The lowest BCUT2D eigenvalue weighted by atomic mass is 10.4. The second kappa shape index (κ2) is 11.5. The first-order valence-corrected chi connectivity index (χ1v) is 6.22. The summed E-state index contributed by atoms with van der Waals surface area (Å²) in [6, 6.07) is 0. The van der Waals surface area contributed by atoms with Gasteiger partial charge in [-0.3, -0.25) is 4.18 Å². The summed E-state index contributed by atoms with van der Waals surface area (Å²) in [6.45, 7) is 4.09. The van der Waals surface area contributed by atoms with Gasteiger partial charge in [0, 0.05) is 7.11 Å². The average molecular weight is 287 g/mol. The van der Waals surface area contributed by atoms with Crippen molar-refractivity contribution < 1.29 is 31.4 Å². The third kappa shape index (κ3) is 13.5. The van der Waals surface area contributed by atoms with E-state index in [1.165, 1.54) is 7.11 Å². The van der Waals surface area contributed by atoms with Crippen molar-refractivity contribution in [1.82, 2.24) is 6.15 Å². The molecule has 0 fully saturated rings. The second-order valence-corrected chi connectivity index (χ2v) is 4.06. The van der Waals surface area contributed by atoms with Gasteiger partial charge in [0.1, 0.15) is 6.10 Å². The van der Waals surface area contributed by atoms with Gasteiger partial charge in [-0.2, -0.15) is 0 Å². The van der Waals surface area contributed by atoms with E-state index in [1.807, 2.05) is 0 Å². The topological polar surface area (TPSA) is 131 Å². The third-order valence-electron chi connectivity index (χ3n) is 1.56. The summed E-state index contributed by atoms with van der Waals surface area (Å²) in [6.07, 6.45) is 1.25. The second-order valence-electron chi connectivity index (χ2n) is 3.00. The van der Waals surface area contributed by atoms with Crippen molar-refractivity contribution in [2.75, 3.05) is 40.1 Å². The van der Waals surface area contributed by atoms with Gasteiger partial charge < -0.3 is 24.9 Å². The van der Waals surface area contributed by atoms with Crippen molar-refractivity contribution >= 4 is 10.4 Å². The number of hydrogen-bond donors (Lipinski definition) is 1. The monoisotopic (exact) mass is 287 g/mol. The standard InChI is InChI=1S/C9H18O7S.H3N/c1-3-4-14-8-9(7-13-2)15-5-6-16-17(10,11)12;/h3,9H,1,4-8H2,2H3,(H,10,11,12);1H3. The predicted octanol–water partition coefficient (Wildman–Crippen LogP) is 0.0736. The van der Waals surface area contributed by atoms with E-state index in [0.717, 1.165) is 0 Å². The number of hydrogen-bond acceptors (Lipinski definition) is 7. The van der Waals surface area contributed by atoms with E-state index in [0.29, 0.717) is 13.2 Å². The maximum absolute atomic E-state index is 10.1. The molecule has 18 heavy (non-hydrogen) atoms. The third-order valence-corrected chi connectivity index (χ3v) is 2.01. The van der Waals surface area contributed by atoms with Gasteiger partial charge in [-0.05, 0) is 0 Å². The molecule has 110 valence electrons. The van der Waals surface area contributed by atoms with Crippen LogP contribution in [0.2, 0.25) is 0 Å². The summed E-state index contributed by atoms with van der Waals surface area (Å²) in [7, 11) is -3.16. The van der Waals surface area contributed by atoms with E-state index >= 15 is 0 Å². The van der Waals surface area contributed by atoms with Crippen LogP contribution >= 0.6 is 0 Å². The zero-order chi connectivity index (χ0) is 13.1. The number of rotatable bonds is 11. The Morgan fingerprint density at radius 2 is 2.00 bits per heavy atom. The van der Waals surface area contributed by atoms with Gasteiger partial charge in [-0.15, -0.1) is 6.58 Å². The van der Waals surface area contributed by atoms with Crippen molar-refractivity contribution in [1.29, 1.82) is 0 Å². The van der Waals surface area contributed by atoms with Crippen LogP contribution in [0.4, 0.5) is 0 Å². The number of methoxy groups -OCH3 is 1. The largest absolute Gasteiger partial charge is 0.726 e. The predicted molar refractivity (Wildman–Crippen MR) is 64.3 cm³/mol. The van der Waals surface area contributed by atoms with Crippen molar-refractivity contribution in [3.05, 3.63) is 12.7 Å². The molecule has 0 aliphatic carbocycles. The molecule has 8 nitrogen and oxygen atoms in total. The van der Waals surface area contributed by atoms with E-state index in [4.69, 9.17) is 14.2 Å². The fraction of sp³-hybridized carbons (Fsp3) is 0.778. The quantitative estimate of drug-likeness (QED) is 0.246. The van der Waals surface area contributed by atoms with Crippen LogP contribution < -0.4 is 6.15 Å². The Labute approximate surface area is 107 Å². The molecule has 0 heterocycles. The van der Waals surface area contributed by atoms with E-state index in [1.54, 1.807) is 6.08 Å². The lowest BCUT2D eigenvalue weighted by Crippen LogP contribution is -2.27. The summed E-state index contributed by atoms with van der Waals surface area (Å²) < 4.78 is 49.6. The van der Waals surface area contributed by atoms with Crippen LogP contribution in [-0.2, 0) is 28.8 Å². The highest BCUT2D eigenvalue weighted by molar-refractivity contribution is 7.80. The molecule has 0 aliphatic heterocycles. The van der Waals surface area contributed by atoms with Crippen LogP contribution in [0, 0.1) is 0 Å². The zero-order valence-electron chi connectivity index (χ0n) is 10.7. The van der Waals surface area contributed by atoms with Crippen molar-refractivity contribution in [2.24, 2.45) is 0 Å². The SMILES string of the molecule is C=CCOCC(COC)OCCOS(=O)(=O)[O-].[NH4+]. The Morgan fingerprint density at radius 1 is 1.33 bits per heavy atom. The molecular formula is C9H21NO7S. The lowest BCUT2D eigenvalue weighted by molar-refractivity contribution is -0.0534. The van der Waals surface area contributed by atoms with E-state index in [-0.39, 0.29) is 32.1 Å².